The first-order chi connectivity index (χ1) is 22.1. The summed E-state index contributed by atoms with van der Waals surface area (Å²) in [7, 11) is 0. The molecule has 1 aromatic heterocycles. The fraction of sp³-hybridized carbons (Fsp3) is 0.0698. The Morgan fingerprint density at radius 1 is 0.489 bits per heavy atom. The number of rotatable bonds is 4. The second kappa shape index (κ2) is 9.70. The third kappa shape index (κ3) is 3.96. The predicted octanol–water partition coefficient (Wildman–Crippen LogP) is 12.2. The monoisotopic (exact) mass is 577 g/mol. The van der Waals surface area contributed by atoms with E-state index in [2.05, 4.69) is 164 Å². The van der Waals surface area contributed by atoms with Crippen LogP contribution in [0.15, 0.2) is 156 Å². The molecule has 0 saturated heterocycles. The van der Waals surface area contributed by atoms with Gasteiger partial charge in [-0.25, -0.2) is 0 Å². The molecule has 0 amide bonds. The van der Waals surface area contributed by atoms with E-state index in [9.17, 15) is 0 Å². The van der Waals surface area contributed by atoms with E-state index in [1.165, 1.54) is 54.9 Å². The van der Waals surface area contributed by atoms with Gasteiger partial charge < -0.3 is 9.32 Å². The zero-order valence-electron chi connectivity index (χ0n) is 25.3. The van der Waals surface area contributed by atoms with Crippen LogP contribution in [0, 0.1) is 0 Å². The van der Waals surface area contributed by atoms with Gasteiger partial charge in [0.05, 0.1) is 0 Å². The number of hydrogen-bond donors (Lipinski definition) is 0. The van der Waals surface area contributed by atoms with Crippen molar-refractivity contribution >= 4 is 49.8 Å². The predicted molar refractivity (Wildman–Crippen MR) is 189 cm³/mol. The number of furan rings is 1. The number of nitrogens with zero attached hydrogens (tertiary/aromatic N) is 1. The Bertz CT molecular complexity index is 2400. The maximum Gasteiger partial charge on any atom is 0.136 e. The molecule has 0 radical (unpaired) electrons. The Morgan fingerprint density at radius 2 is 1.18 bits per heavy atom. The topological polar surface area (TPSA) is 16.4 Å². The minimum Gasteiger partial charge on any atom is -0.456 e. The van der Waals surface area contributed by atoms with Gasteiger partial charge in [0.15, 0.2) is 0 Å². The van der Waals surface area contributed by atoms with Gasteiger partial charge in [0.2, 0.25) is 0 Å². The summed E-state index contributed by atoms with van der Waals surface area (Å²) in [6, 6.07) is 54.7. The van der Waals surface area contributed by atoms with E-state index in [4.69, 9.17) is 4.42 Å². The lowest BCUT2D eigenvalue weighted by molar-refractivity contribution is 0.656. The van der Waals surface area contributed by atoms with E-state index >= 15 is 0 Å². The molecule has 0 fully saturated rings. The van der Waals surface area contributed by atoms with Crippen LogP contribution in [0.3, 0.4) is 0 Å². The van der Waals surface area contributed by atoms with Gasteiger partial charge in [-0.3, -0.25) is 0 Å². The minimum absolute atomic E-state index is 0.157. The first-order valence-electron chi connectivity index (χ1n) is 15.6. The van der Waals surface area contributed by atoms with Crippen LogP contribution in [0.4, 0.5) is 17.1 Å². The molecule has 2 nitrogen and oxygen atoms in total. The molecule has 9 rings (SSSR count). The maximum atomic E-state index is 6.29. The van der Waals surface area contributed by atoms with Crippen LogP contribution >= 0.6 is 0 Å². The summed E-state index contributed by atoms with van der Waals surface area (Å²) < 4.78 is 6.29. The third-order valence-corrected chi connectivity index (χ3v) is 9.64. The molecule has 1 aliphatic rings. The molecule has 0 unspecified atom stereocenters. The van der Waals surface area contributed by atoms with Gasteiger partial charge in [0, 0.05) is 33.2 Å². The van der Waals surface area contributed by atoms with Crippen LogP contribution in [0.25, 0.3) is 55.0 Å². The van der Waals surface area contributed by atoms with Crippen LogP contribution in [-0.4, -0.2) is 0 Å². The molecule has 1 aliphatic carbocycles. The van der Waals surface area contributed by atoms with Gasteiger partial charge in [-0.15, -0.1) is 0 Å². The fourth-order valence-electron chi connectivity index (χ4n) is 7.36. The van der Waals surface area contributed by atoms with Crippen molar-refractivity contribution in [1.82, 2.24) is 0 Å². The third-order valence-electron chi connectivity index (χ3n) is 9.64. The Morgan fingerprint density at radius 3 is 2.02 bits per heavy atom. The SMILES string of the molecule is CC1(C)c2cc(N(c3ccccc3)c3ccc(-c4ccc5ccccc5c4)cc3)ccc2-c2c1ccc1oc3ccccc3c21. The van der Waals surface area contributed by atoms with Gasteiger partial charge in [-0.1, -0.05) is 111 Å². The molecular formula is C43H31NO. The summed E-state index contributed by atoms with van der Waals surface area (Å²) in [4.78, 5) is 2.37. The van der Waals surface area contributed by atoms with Crippen LogP contribution in [-0.2, 0) is 5.41 Å². The van der Waals surface area contributed by atoms with E-state index in [0.717, 1.165) is 28.2 Å². The smallest absolute Gasteiger partial charge is 0.136 e. The first kappa shape index (κ1) is 25.9. The van der Waals surface area contributed by atoms with Gasteiger partial charge in [-0.2, -0.15) is 0 Å². The quantitative estimate of drug-likeness (QED) is 0.207. The second-order valence-corrected chi connectivity index (χ2v) is 12.6. The second-order valence-electron chi connectivity index (χ2n) is 12.6. The Hall–Kier alpha value is -5.60. The number of fused-ring (bicyclic) bond motifs is 8. The Balaban J connectivity index is 1.18. The lowest BCUT2D eigenvalue weighted by Crippen LogP contribution is -2.16. The highest BCUT2D eigenvalue weighted by molar-refractivity contribution is 6.15. The number of anilines is 3. The Kier molecular flexibility index (Phi) is 5.58. The first-order valence-corrected chi connectivity index (χ1v) is 15.6. The Labute approximate surface area is 262 Å². The fourth-order valence-corrected chi connectivity index (χ4v) is 7.36. The van der Waals surface area contributed by atoms with E-state index in [-0.39, 0.29) is 5.41 Å². The molecule has 0 N–H and O–H groups in total. The van der Waals surface area contributed by atoms with Crippen molar-refractivity contribution in [3.05, 3.63) is 163 Å². The van der Waals surface area contributed by atoms with E-state index in [0.29, 0.717) is 0 Å². The summed E-state index contributed by atoms with van der Waals surface area (Å²) in [6.07, 6.45) is 0. The van der Waals surface area contributed by atoms with E-state index in [1.54, 1.807) is 0 Å². The van der Waals surface area contributed by atoms with Gasteiger partial charge in [-0.05, 0) is 98.8 Å². The van der Waals surface area contributed by atoms with Crippen LogP contribution < -0.4 is 4.90 Å². The van der Waals surface area contributed by atoms with Crippen molar-refractivity contribution < 1.29 is 4.42 Å². The molecule has 45 heavy (non-hydrogen) atoms. The summed E-state index contributed by atoms with van der Waals surface area (Å²) in [6.45, 7) is 4.70. The van der Waals surface area contributed by atoms with Crippen molar-refractivity contribution in [2.24, 2.45) is 0 Å². The molecule has 0 atom stereocenters. The highest BCUT2D eigenvalue weighted by Crippen LogP contribution is 2.54. The molecule has 0 bridgehead atoms. The summed E-state index contributed by atoms with van der Waals surface area (Å²) in [5.41, 5.74) is 12.8. The zero-order valence-corrected chi connectivity index (χ0v) is 25.3. The van der Waals surface area contributed by atoms with Crippen molar-refractivity contribution in [1.29, 1.82) is 0 Å². The summed E-state index contributed by atoms with van der Waals surface area (Å²) in [5.74, 6) is 0. The van der Waals surface area contributed by atoms with Gasteiger partial charge in [0.25, 0.3) is 0 Å². The number of hydrogen-bond acceptors (Lipinski definition) is 2. The van der Waals surface area contributed by atoms with Gasteiger partial charge in [0.1, 0.15) is 11.2 Å². The average Bonchev–Trinajstić information content (AvgIpc) is 3.57. The summed E-state index contributed by atoms with van der Waals surface area (Å²) in [5, 5.41) is 4.91. The van der Waals surface area contributed by atoms with E-state index in [1.807, 2.05) is 6.07 Å². The highest BCUT2D eigenvalue weighted by atomic mass is 16.3. The van der Waals surface area contributed by atoms with Crippen LogP contribution in [0.1, 0.15) is 25.0 Å². The lowest BCUT2D eigenvalue weighted by atomic mass is 9.82. The van der Waals surface area contributed by atoms with Crippen molar-refractivity contribution in [3.63, 3.8) is 0 Å². The van der Waals surface area contributed by atoms with Crippen molar-refractivity contribution in [2.75, 3.05) is 4.90 Å². The average molecular weight is 578 g/mol. The largest absolute Gasteiger partial charge is 0.456 e. The van der Waals surface area contributed by atoms with Crippen molar-refractivity contribution in [3.8, 4) is 22.3 Å². The molecule has 214 valence electrons. The normalized spacial score (nSPS) is 13.3. The molecule has 0 spiro atoms. The minimum atomic E-state index is -0.157. The molecule has 1 heterocycles. The van der Waals surface area contributed by atoms with Gasteiger partial charge >= 0.3 is 0 Å². The zero-order chi connectivity index (χ0) is 30.1. The molecule has 0 aliphatic heterocycles. The standard InChI is InChI=1S/C43H31NO/c1-43(2)37-24-25-40-42(36-14-8-9-15-39(36)45-40)41(37)35-23-22-34(27-38(35)43)44(32-12-4-3-5-13-32)33-20-18-29(19-21-33)31-17-16-28-10-6-7-11-30(28)26-31/h3-27H,1-2H3. The lowest BCUT2D eigenvalue weighted by Gasteiger charge is -2.28. The maximum absolute atomic E-state index is 6.29. The molecule has 0 saturated carbocycles. The van der Waals surface area contributed by atoms with Crippen molar-refractivity contribution in [2.45, 2.75) is 19.3 Å². The van der Waals surface area contributed by atoms with Crippen LogP contribution in [0.2, 0.25) is 0 Å². The highest BCUT2D eigenvalue weighted by Gasteiger charge is 2.38. The molecule has 8 aromatic rings. The molecular weight excluding hydrogens is 546 g/mol. The van der Waals surface area contributed by atoms with Crippen LogP contribution in [0.5, 0.6) is 0 Å². The summed E-state index contributed by atoms with van der Waals surface area (Å²) >= 11 is 0. The number of benzene rings is 7. The van der Waals surface area contributed by atoms with E-state index < -0.39 is 0 Å². The number of para-hydroxylation sites is 2. The molecule has 2 heteroatoms. The molecule has 7 aromatic carbocycles.